The van der Waals surface area contributed by atoms with Gasteiger partial charge in [-0.15, -0.1) is 0 Å². The first-order chi connectivity index (χ1) is 10.5. The van der Waals surface area contributed by atoms with E-state index in [1.165, 1.54) is 25.7 Å². The van der Waals surface area contributed by atoms with E-state index in [0.717, 1.165) is 38.5 Å². The molecule has 0 spiro atoms. The molecule has 22 heavy (non-hydrogen) atoms. The zero-order chi connectivity index (χ0) is 16.8. The van der Waals surface area contributed by atoms with Crippen molar-refractivity contribution in [2.24, 2.45) is 16.9 Å². The number of primary amides is 2. The molecule has 0 aromatic carbocycles. The predicted octanol–water partition coefficient (Wildman–Crippen LogP) is 4.05. The van der Waals surface area contributed by atoms with E-state index < -0.39 is 5.41 Å². The Labute approximate surface area is 136 Å². The van der Waals surface area contributed by atoms with Crippen LogP contribution in [0, 0.1) is 5.41 Å². The molecule has 0 aromatic heterocycles. The first-order valence-corrected chi connectivity index (χ1v) is 9.06. The summed E-state index contributed by atoms with van der Waals surface area (Å²) < 4.78 is 0. The van der Waals surface area contributed by atoms with Crippen molar-refractivity contribution in [3.8, 4) is 0 Å². The maximum atomic E-state index is 12.1. The fourth-order valence-corrected chi connectivity index (χ4v) is 3.13. The largest absolute Gasteiger partial charge is 0.370 e. The normalized spacial score (nSPS) is 11.5. The van der Waals surface area contributed by atoms with E-state index in [1.807, 2.05) is 0 Å². The van der Waals surface area contributed by atoms with Crippen LogP contribution in [0.3, 0.4) is 0 Å². The summed E-state index contributed by atoms with van der Waals surface area (Å²) in [5, 5.41) is 0. The SMILES string of the molecule is CCCCCCC(CCCCCC)(CCCC(N)=O)C(N)=O. The molecule has 0 aliphatic heterocycles. The molecule has 0 fully saturated rings. The van der Waals surface area contributed by atoms with E-state index in [-0.39, 0.29) is 11.8 Å². The van der Waals surface area contributed by atoms with Gasteiger partial charge in [0.2, 0.25) is 11.8 Å². The summed E-state index contributed by atoms with van der Waals surface area (Å²) >= 11 is 0. The van der Waals surface area contributed by atoms with Crippen LogP contribution in [0.5, 0.6) is 0 Å². The van der Waals surface area contributed by atoms with Crippen LogP contribution in [0.2, 0.25) is 0 Å². The van der Waals surface area contributed by atoms with Gasteiger partial charge in [0, 0.05) is 11.8 Å². The summed E-state index contributed by atoms with van der Waals surface area (Å²) in [5.74, 6) is -0.486. The highest BCUT2D eigenvalue weighted by atomic mass is 16.1. The number of carbonyl (C=O) groups excluding carboxylic acids is 2. The van der Waals surface area contributed by atoms with E-state index in [0.29, 0.717) is 19.3 Å². The van der Waals surface area contributed by atoms with Gasteiger partial charge in [0.1, 0.15) is 0 Å². The summed E-state index contributed by atoms with van der Waals surface area (Å²) in [4.78, 5) is 23.1. The Morgan fingerprint density at radius 3 is 1.55 bits per heavy atom. The number of hydrogen-bond acceptors (Lipinski definition) is 2. The molecule has 4 heteroatoms. The monoisotopic (exact) mass is 312 g/mol. The van der Waals surface area contributed by atoms with E-state index in [1.54, 1.807) is 0 Å². The van der Waals surface area contributed by atoms with Crippen molar-refractivity contribution in [1.82, 2.24) is 0 Å². The molecular formula is C18H36N2O2. The lowest BCUT2D eigenvalue weighted by atomic mass is 9.73. The van der Waals surface area contributed by atoms with Crippen LogP contribution >= 0.6 is 0 Å². The van der Waals surface area contributed by atoms with Crippen molar-refractivity contribution >= 4 is 11.8 Å². The minimum atomic E-state index is -0.434. The van der Waals surface area contributed by atoms with Crippen LogP contribution in [-0.4, -0.2) is 11.8 Å². The molecule has 0 aliphatic rings. The second kappa shape index (κ2) is 12.5. The van der Waals surface area contributed by atoms with Crippen molar-refractivity contribution in [2.45, 2.75) is 97.3 Å². The number of rotatable bonds is 15. The summed E-state index contributed by atoms with van der Waals surface area (Å²) in [5.41, 5.74) is 10.6. The number of amides is 2. The second-order valence-electron chi connectivity index (χ2n) is 6.59. The predicted molar refractivity (Wildman–Crippen MR) is 92.2 cm³/mol. The highest BCUT2D eigenvalue weighted by Gasteiger charge is 2.34. The Morgan fingerprint density at radius 1 is 0.727 bits per heavy atom. The van der Waals surface area contributed by atoms with Crippen molar-refractivity contribution in [2.75, 3.05) is 0 Å². The van der Waals surface area contributed by atoms with Gasteiger partial charge in [0.25, 0.3) is 0 Å². The molecule has 0 aliphatic carbocycles. The Balaban J connectivity index is 4.61. The van der Waals surface area contributed by atoms with Crippen molar-refractivity contribution in [3.05, 3.63) is 0 Å². The molecule has 2 amide bonds. The second-order valence-corrected chi connectivity index (χ2v) is 6.59. The van der Waals surface area contributed by atoms with Crippen LogP contribution in [0.25, 0.3) is 0 Å². The van der Waals surface area contributed by atoms with Gasteiger partial charge in [-0.3, -0.25) is 9.59 Å². The van der Waals surface area contributed by atoms with Gasteiger partial charge in [-0.1, -0.05) is 65.2 Å². The minimum Gasteiger partial charge on any atom is -0.370 e. The van der Waals surface area contributed by atoms with Crippen molar-refractivity contribution in [3.63, 3.8) is 0 Å². The molecule has 130 valence electrons. The van der Waals surface area contributed by atoms with Gasteiger partial charge in [0.05, 0.1) is 0 Å². The molecule has 0 aromatic rings. The highest BCUT2D eigenvalue weighted by molar-refractivity contribution is 5.81. The molecule has 0 saturated carbocycles. The Bertz CT molecular complexity index is 304. The van der Waals surface area contributed by atoms with Crippen LogP contribution in [-0.2, 0) is 9.59 Å². The first kappa shape index (κ1) is 20.9. The Kier molecular flexibility index (Phi) is 11.9. The molecule has 0 bridgehead atoms. The fourth-order valence-electron chi connectivity index (χ4n) is 3.13. The Hall–Kier alpha value is -1.06. The highest BCUT2D eigenvalue weighted by Crippen LogP contribution is 2.37. The molecular weight excluding hydrogens is 276 g/mol. The third kappa shape index (κ3) is 9.06. The van der Waals surface area contributed by atoms with E-state index in [9.17, 15) is 9.59 Å². The molecule has 0 saturated heterocycles. The standard InChI is InChI=1S/C18H36N2O2/c1-3-5-7-9-13-18(17(20)22,14-10-8-6-4-2)15-11-12-16(19)21/h3-15H2,1-2H3,(H2,19,21)(H2,20,22). The quantitative estimate of drug-likeness (QED) is 0.447. The van der Waals surface area contributed by atoms with Crippen LogP contribution < -0.4 is 11.5 Å². The lowest BCUT2D eigenvalue weighted by Crippen LogP contribution is -2.37. The zero-order valence-corrected chi connectivity index (χ0v) is 14.7. The average molecular weight is 312 g/mol. The van der Waals surface area contributed by atoms with Gasteiger partial charge < -0.3 is 11.5 Å². The molecule has 0 atom stereocenters. The lowest BCUT2D eigenvalue weighted by Gasteiger charge is -2.31. The number of carbonyl (C=O) groups is 2. The smallest absolute Gasteiger partial charge is 0.223 e. The maximum absolute atomic E-state index is 12.1. The van der Waals surface area contributed by atoms with Crippen molar-refractivity contribution in [1.29, 1.82) is 0 Å². The first-order valence-electron chi connectivity index (χ1n) is 9.06. The van der Waals surface area contributed by atoms with Gasteiger partial charge in [0.15, 0.2) is 0 Å². The van der Waals surface area contributed by atoms with Gasteiger partial charge in [-0.25, -0.2) is 0 Å². The number of unbranched alkanes of at least 4 members (excludes halogenated alkanes) is 6. The van der Waals surface area contributed by atoms with E-state index in [2.05, 4.69) is 13.8 Å². The molecule has 0 unspecified atom stereocenters. The molecule has 0 rings (SSSR count). The third-order valence-electron chi connectivity index (χ3n) is 4.62. The van der Waals surface area contributed by atoms with E-state index in [4.69, 9.17) is 11.5 Å². The van der Waals surface area contributed by atoms with Crippen molar-refractivity contribution < 1.29 is 9.59 Å². The summed E-state index contributed by atoms with van der Waals surface area (Å²) in [6.07, 6.45) is 12.6. The Morgan fingerprint density at radius 2 is 1.18 bits per heavy atom. The maximum Gasteiger partial charge on any atom is 0.223 e. The van der Waals surface area contributed by atoms with Crippen LogP contribution in [0.15, 0.2) is 0 Å². The number of nitrogens with two attached hydrogens (primary N) is 2. The number of hydrogen-bond donors (Lipinski definition) is 2. The summed E-state index contributed by atoms with van der Waals surface area (Å²) in [6, 6.07) is 0. The lowest BCUT2D eigenvalue weighted by molar-refractivity contribution is -0.129. The third-order valence-corrected chi connectivity index (χ3v) is 4.62. The van der Waals surface area contributed by atoms with Crippen LogP contribution in [0.4, 0.5) is 0 Å². The van der Waals surface area contributed by atoms with E-state index >= 15 is 0 Å². The van der Waals surface area contributed by atoms with Gasteiger partial charge in [-0.2, -0.15) is 0 Å². The topological polar surface area (TPSA) is 86.2 Å². The average Bonchev–Trinajstić information content (AvgIpc) is 2.46. The van der Waals surface area contributed by atoms with Crippen LogP contribution in [0.1, 0.15) is 97.3 Å². The van der Waals surface area contributed by atoms with Gasteiger partial charge in [-0.05, 0) is 25.7 Å². The summed E-state index contributed by atoms with van der Waals surface area (Å²) in [6.45, 7) is 4.36. The summed E-state index contributed by atoms with van der Waals surface area (Å²) in [7, 11) is 0. The fraction of sp³-hybridized carbons (Fsp3) is 0.889. The molecule has 0 heterocycles. The zero-order valence-electron chi connectivity index (χ0n) is 14.7. The molecule has 0 radical (unpaired) electrons. The minimum absolute atomic E-state index is 0.190. The van der Waals surface area contributed by atoms with Gasteiger partial charge >= 0.3 is 0 Å². The molecule has 4 nitrogen and oxygen atoms in total. The molecule has 4 N–H and O–H groups in total.